The maximum absolute atomic E-state index is 11.9. The largest absolute Gasteiger partial charge is 0.242 e. The number of hydrogen-bond donors (Lipinski definition) is 1. The van der Waals surface area contributed by atoms with Crippen LogP contribution < -0.4 is 4.72 Å². The smallest absolute Gasteiger partial charge is 0.207 e. The van der Waals surface area contributed by atoms with E-state index in [9.17, 15) is 8.42 Å². The van der Waals surface area contributed by atoms with Crippen LogP contribution in [0.15, 0.2) is 47.4 Å². The van der Waals surface area contributed by atoms with E-state index in [4.69, 9.17) is 5.26 Å². The molecule has 1 N–H and O–H groups in total. The first-order valence-corrected chi connectivity index (χ1v) is 6.48. The molecule has 0 aliphatic rings. The zero-order valence-electron chi connectivity index (χ0n) is 8.92. The molecule has 2 aromatic carbocycles. The standard InChI is InChI=1S/C12H10N2O2S/c13-8-9-14-17(15,16)12-7-3-5-10-4-1-2-6-11(10)12/h1-7,14H,9H2. The van der Waals surface area contributed by atoms with E-state index in [2.05, 4.69) is 4.72 Å². The van der Waals surface area contributed by atoms with Gasteiger partial charge in [-0.3, -0.25) is 0 Å². The number of sulfonamides is 1. The topological polar surface area (TPSA) is 70.0 Å². The molecule has 86 valence electrons. The van der Waals surface area contributed by atoms with Crippen molar-refractivity contribution in [2.24, 2.45) is 0 Å². The van der Waals surface area contributed by atoms with Gasteiger partial charge in [0.2, 0.25) is 10.0 Å². The maximum atomic E-state index is 11.9. The van der Waals surface area contributed by atoms with Crippen molar-refractivity contribution in [1.82, 2.24) is 4.72 Å². The van der Waals surface area contributed by atoms with E-state index >= 15 is 0 Å². The summed E-state index contributed by atoms with van der Waals surface area (Å²) in [5.41, 5.74) is 0. The van der Waals surface area contributed by atoms with Gasteiger partial charge in [-0.15, -0.1) is 0 Å². The van der Waals surface area contributed by atoms with Gasteiger partial charge >= 0.3 is 0 Å². The molecule has 0 radical (unpaired) electrons. The molecule has 4 nitrogen and oxygen atoms in total. The first-order valence-electron chi connectivity index (χ1n) is 4.99. The highest BCUT2D eigenvalue weighted by atomic mass is 32.2. The van der Waals surface area contributed by atoms with Gasteiger partial charge in [-0.25, -0.2) is 8.42 Å². The lowest BCUT2D eigenvalue weighted by Gasteiger charge is -2.07. The first-order chi connectivity index (χ1) is 8.15. The average Bonchev–Trinajstić information content (AvgIpc) is 2.36. The molecule has 0 aliphatic carbocycles. The van der Waals surface area contributed by atoms with Crippen LogP contribution in [0.4, 0.5) is 0 Å². The van der Waals surface area contributed by atoms with Crippen molar-refractivity contribution in [3.05, 3.63) is 42.5 Å². The van der Waals surface area contributed by atoms with Crippen LogP contribution in [0.5, 0.6) is 0 Å². The van der Waals surface area contributed by atoms with Gasteiger partial charge in [0.1, 0.15) is 0 Å². The second kappa shape index (κ2) is 4.53. The van der Waals surface area contributed by atoms with Gasteiger partial charge in [-0.1, -0.05) is 36.4 Å². The maximum Gasteiger partial charge on any atom is 0.242 e. The fraction of sp³-hybridized carbons (Fsp3) is 0.0833. The highest BCUT2D eigenvalue weighted by Crippen LogP contribution is 2.22. The highest BCUT2D eigenvalue weighted by Gasteiger charge is 2.15. The quantitative estimate of drug-likeness (QED) is 0.837. The van der Waals surface area contributed by atoms with Gasteiger partial charge in [0.05, 0.1) is 17.5 Å². The molecular weight excluding hydrogens is 236 g/mol. The summed E-state index contributed by atoms with van der Waals surface area (Å²) < 4.78 is 26.1. The SMILES string of the molecule is N#CCNS(=O)(=O)c1cccc2ccccc12. The van der Waals surface area contributed by atoms with Gasteiger partial charge in [0, 0.05) is 5.39 Å². The van der Waals surface area contributed by atoms with Crippen LogP contribution in [-0.4, -0.2) is 15.0 Å². The Morgan fingerprint density at radius 2 is 1.82 bits per heavy atom. The van der Waals surface area contributed by atoms with E-state index in [-0.39, 0.29) is 11.4 Å². The Hall–Kier alpha value is -1.90. The summed E-state index contributed by atoms with van der Waals surface area (Å²) >= 11 is 0. The number of benzene rings is 2. The second-order valence-electron chi connectivity index (χ2n) is 3.46. The van der Waals surface area contributed by atoms with E-state index in [1.807, 2.05) is 18.2 Å². The number of fused-ring (bicyclic) bond motifs is 1. The van der Waals surface area contributed by atoms with Crippen molar-refractivity contribution in [2.45, 2.75) is 4.90 Å². The van der Waals surface area contributed by atoms with Crippen molar-refractivity contribution < 1.29 is 8.42 Å². The summed E-state index contributed by atoms with van der Waals surface area (Å²) in [6, 6.07) is 14.0. The molecule has 0 saturated carbocycles. The molecule has 0 aromatic heterocycles. The molecule has 17 heavy (non-hydrogen) atoms. The molecule has 0 spiro atoms. The van der Waals surface area contributed by atoms with Crippen LogP contribution >= 0.6 is 0 Å². The molecule has 0 bridgehead atoms. The number of nitrogens with zero attached hydrogens (tertiary/aromatic N) is 1. The Labute approximate surface area is 99.5 Å². The zero-order valence-corrected chi connectivity index (χ0v) is 9.74. The van der Waals surface area contributed by atoms with Crippen LogP contribution in [0.3, 0.4) is 0 Å². The fourth-order valence-electron chi connectivity index (χ4n) is 1.64. The van der Waals surface area contributed by atoms with Crippen molar-refractivity contribution in [2.75, 3.05) is 6.54 Å². The number of rotatable bonds is 3. The van der Waals surface area contributed by atoms with Crippen LogP contribution in [0, 0.1) is 11.3 Å². The molecule has 0 unspecified atom stereocenters. The molecule has 0 aliphatic heterocycles. The van der Waals surface area contributed by atoms with E-state index in [0.717, 1.165) is 5.39 Å². The summed E-state index contributed by atoms with van der Waals surface area (Å²) in [4.78, 5) is 0.200. The van der Waals surface area contributed by atoms with Gasteiger partial charge < -0.3 is 0 Å². The van der Waals surface area contributed by atoms with Crippen LogP contribution in [-0.2, 0) is 10.0 Å². The molecule has 0 fully saturated rings. The minimum atomic E-state index is -3.62. The average molecular weight is 246 g/mol. The third-order valence-electron chi connectivity index (χ3n) is 2.38. The number of nitrogens with one attached hydrogen (secondary N) is 1. The van der Waals surface area contributed by atoms with Crippen molar-refractivity contribution in [3.8, 4) is 6.07 Å². The van der Waals surface area contributed by atoms with Gasteiger partial charge in [0.25, 0.3) is 0 Å². The lowest BCUT2D eigenvalue weighted by molar-refractivity contribution is 0.587. The van der Waals surface area contributed by atoms with Crippen molar-refractivity contribution >= 4 is 20.8 Å². The van der Waals surface area contributed by atoms with Gasteiger partial charge in [-0.2, -0.15) is 9.98 Å². The summed E-state index contributed by atoms with van der Waals surface area (Å²) in [6.07, 6.45) is 0. The predicted molar refractivity (Wildman–Crippen MR) is 64.7 cm³/mol. The Bertz CT molecular complexity index is 682. The predicted octanol–water partition coefficient (Wildman–Crippen LogP) is 1.64. The summed E-state index contributed by atoms with van der Waals surface area (Å²) in [7, 11) is -3.62. The van der Waals surface area contributed by atoms with Gasteiger partial charge in [-0.05, 0) is 11.5 Å². The third-order valence-corrected chi connectivity index (χ3v) is 3.84. The summed E-state index contributed by atoms with van der Waals surface area (Å²) in [5, 5.41) is 9.92. The molecule has 2 aromatic rings. The normalized spacial score (nSPS) is 11.2. The van der Waals surface area contributed by atoms with E-state index < -0.39 is 10.0 Å². The van der Waals surface area contributed by atoms with E-state index in [1.54, 1.807) is 24.3 Å². The molecule has 0 amide bonds. The van der Waals surface area contributed by atoms with Crippen LogP contribution in [0.25, 0.3) is 10.8 Å². The Morgan fingerprint density at radius 3 is 2.59 bits per heavy atom. The van der Waals surface area contributed by atoms with Crippen molar-refractivity contribution in [3.63, 3.8) is 0 Å². The van der Waals surface area contributed by atoms with Crippen LogP contribution in [0.1, 0.15) is 0 Å². The summed E-state index contributed by atoms with van der Waals surface area (Å²) in [6.45, 7) is -0.231. The van der Waals surface area contributed by atoms with Crippen LogP contribution in [0.2, 0.25) is 0 Å². The molecule has 2 rings (SSSR count). The summed E-state index contributed by atoms with van der Waals surface area (Å²) in [5.74, 6) is 0. The van der Waals surface area contributed by atoms with E-state index in [0.29, 0.717) is 5.39 Å². The van der Waals surface area contributed by atoms with Gasteiger partial charge in [0.15, 0.2) is 0 Å². The lowest BCUT2D eigenvalue weighted by Crippen LogP contribution is -2.24. The Balaban J connectivity index is 2.60. The minimum Gasteiger partial charge on any atom is -0.207 e. The third kappa shape index (κ3) is 2.28. The number of hydrogen-bond acceptors (Lipinski definition) is 3. The number of nitriles is 1. The van der Waals surface area contributed by atoms with Crippen molar-refractivity contribution in [1.29, 1.82) is 5.26 Å². The molecular formula is C12H10N2O2S. The lowest BCUT2D eigenvalue weighted by atomic mass is 10.1. The monoisotopic (exact) mass is 246 g/mol. The van der Waals surface area contributed by atoms with E-state index in [1.165, 1.54) is 6.07 Å². The highest BCUT2D eigenvalue weighted by molar-refractivity contribution is 7.89. The second-order valence-corrected chi connectivity index (χ2v) is 5.20. The molecule has 0 heterocycles. The Morgan fingerprint density at radius 1 is 1.12 bits per heavy atom. The molecule has 0 atom stereocenters. The molecule has 0 saturated heterocycles. The Kier molecular flexibility index (Phi) is 3.09. The molecule has 5 heteroatoms. The minimum absolute atomic E-state index is 0.200. The fourth-order valence-corrected chi connectivity index (χ4v) is 2.78. The zero-order chi connectivity index (χ0) is 12.3. The first kappa shape index (κ1) is 11.6.